The van der Waals surface area contributed by atoms with Crippen LogP contribution in [-0.4, -0.2) is 16.6 Å². The van der Waals surface area contributed by atoms with Gasteiger partial charge in [0, 0.05) is 54.0 Å². The Morgan fingerprint density at radius 1 is 1.03 bits per heavy atom. The molecule has 0 N–H and O–H groups in total. The lowest BCUT2D eigenvalue weighted by Gasteiger charge is -2.15. The number of para-hydroxylation sites is 1. The second-order valence-electron chi connectivity index (χ2n) is 8.93. The van der Waals surface area contributed by atoms with Crippen molar-refractivity contribution in [1.29, 1.82) is 0 Å². The zero-order valence-corrected chi connectivity index (χ0v) is 22.4. The standard InChI is InChI=1S/C29H24N4O3S2/c1-31-15-14-30-29(31)26-16-21(17-28-32(2)25-18-22(38-36-35-34)12-13-27(25)37-28)23-10-6-7-11-24(23)33(26)19-20-8-4-3-5-9-20/h3-18H,19H2,1-2H3. The second-order valence-corrected chi connectivity index (χ2v) is 10.8. The van der Waals surface area contributed by atoms with E-state index in [4.69, 9.17) is 4.98 Å². The molecule has 0 saturated heterocycles. The zero-order valence-electron chi connectivity index (χ0n) is 20.8. The van der Waals surface area contributed by atoms with Crippen LogP contribution in [0.4, 0.5) is 5.69 Å². The van der Waals surface area contributed by atoms with Crippen molar-refractivity contribution >= 4 is 46.5 Å². The maximum absolute atomic E-state index is 10.2. The predicted molar refractivity (Wildman–Crippen MR) is 149 cm³/mol. The van der Waals surface area contributed by atoms with E-state index in [1.165, 1.54) is 5.56 Å². The molecule has 3 aromatic carbocycles. The Balaban J connectivity index is 1.48. The Morgan fingerprint density at radius 2 is 1.84 bits per heavy atom. The number of nitrogens with zero attached hydrogens (tertiary/aromatic N) is 4. The summed E-state index contributed by atoms with van der Waals surface area (Å²) in [5, 5.41) is 16.0. The van der Waals surface area contributed by atoms with Crippen LogP contribution in [0, 0.1) is 0 Å². The first-order valence-electron chi connectivity index (χ1n) is 12.0. The number of pyridine rings is 1. The number of hydrogen-bond donors (Lipinski definition) is 0. The summed E-state index contributed by atoms with van der Waals surface area (Å²) in [7, 11) is 4.07. The first kappa shape index (κ1) is 24.7. The van der Waals surface area contributed by atoms with E-state index in [0.29, 0.717) is 0 Å². The summed E-state index contributed by atoms with van der Waals surface area (Å²) in [6.07, 6.45) is 6.05. The maximum atomic E-state index is 10.2. The highest BCUT2D eigenvalue weighted by Gasteiger charge is 2.26. The van der Waals surface area contributed by atoms with Gasteiger partial charge in [0.2, 0.25) is 17.0 Å². The third kappa shape index (κ3) is 4.70. The lowest BCUT2D eigenvalue weighted by molar-refractivity contribution is -0.777. The van der Waals surface area contributed by atoms with Crippen molar-refractivity contribution in [3.63, 3.8) is 0 Å². The summed E-state index contributed by atoms with van der Waals surface area (Å²) >= 11 is 2.61. The van der Waals surface area contributed by atoms with Crippen LogP contribution in [0.2, 0.25) is 0 Å². The molecule has 0 unspecified atom stereocenters. The topological polar surface area (TPSA) is 66.5 Å². The Kier molecular flexibility index (Phi) is 6.92. The predicted octanol–water partition coefficient (Wildman–Crippen LogP) is 5.35. The van der Waals surface area contributed by atoms with Crippen LogP contribution in [0.25, 0.3) is 28.5 Å². The van der Waals surface area contributed by atoms with E-state index in [-0.39, 0.29) is 0 Å². The highest BCUT2D eigenvalue weighted by atomic mass is 32.2. The van der Waals surface area contributed by atoms with Gasteiger partial charge in [0.25, 0.3) is 0 Å². The van der Waals surface area contributed by atoms with Crippen molar-refractivity contribution in [2.45, 2.75) is 16.3 Å². The fourth-order valence-electron chi connectivity index (χ4n) is 4.75. The second kappa shape index (κ2) is 10.6. The molecule has 0 bridgehead atoms. The summed E-state index contributed by atoms with van der Waals surface area (Å²) in [6.45, 7) is 0.732. The van der Waals surface area contributed by atoms with E-state index >= 15 is 0 Å². The molecule has 7 nitrogen and oxygen atoms in total. The van der Waals surface area contributed by atoms with Crippen LogP contribution in [0.3, 0.4) is 0 Å². The van der Waals surface area contributed by atoms with Crippen LogP contribution in [0.1, 0.15) is 11.1 Å². The Labute approximate surface area is 229 Å². The van der Waals surface area contributed by atoms with Crippen LogP contribution in [-0.2, 0) is 23.0 Å². The Morgan fingerprint density at radius 3 is 2.63 bits per heavy atom. The van der Waals surface area contributed by atoms with E-state index in [0.717, 1.165) is 67.1 Å². The van der Waals surface area contributed by atoms with Gasteiger partial charge in [-0.1, -0.05) is 54.2 Å². The first-order chi connectivity index (χ1) is 18.6. The average Bonchev–Trinajstić information content (AvgIpc) is 3.51. The van der Waals surface area contributed by atoms with Crippen molar-refractivity contribution in [3.05, 3.63) is 107 Å². The van der Waals surface area contributed by atoms with Gasteiger partial charge in [0.15, 0.2) is 6.54 Å². The van der Waals surface area contributed by atoms with Gasteiger partial charge in [-0.05, 0) is 35.9 Å². The fourth-order valence-corrected chi connectivity index (χ4v) is 6.22. The monoisotopic (exact) mass is 540 g/mol. The molecule has 9 heteroatoms. The third-order valence-corrected chi connectivity index (χ3v) is 8.33. The minimum atomic E-state index is 0.732. The van der Waals surface area contributed by atoms with Gasteiger partial charge in [-0.15, -0.1) is 0 Å². The van der Waals surface area contributed by atoms with E-state index in [9.17, 15) is 5.26 Å². The van der Waals surface area contributed by atoms with Crippen LogP contribution in [0.15, 0.2) is 106 Å². The minimum Gasteiger partial charge on any atom is -0.691 e. The molecular formula is C29H24N4O3S2. The summed E-state index contributed by atoms with van der Waals surface area (Å²) in [6, 6.07) is 27.2. The number of imidazole rings is 1. The van der Waals surface area contributed by atoms with Gasteiger partial charge in [-0.2, -0.15) is 8.90 Å². The van der Waals surface area contributed by atoms with E-state index in [2.05, 4.69) is 84.1 Å². The molecule has 3 heterocycles. The van der Waals surface area contributed by atoms with Crippen LogP contribution in [0.5, 0.6) is 0 Å². The molecule has 0 radical (unpaired) electrons. The lowest BCUT2D eigenvalue weighted by Crippen LogP contribution is -2.38. The molecule has 2 aromatic heterocycles. The Bertz CT molecular complexity index is 1650. The molecule has 0 fully saturated rings. The number of benzene rings is 3. The largest absolute Gasteiger partial charge is 0.691 e. The molecule has 190 valence electrons. The molecule has 0 aliphatic carbocycles. The highest BCUT2D eigenvalue weighted by molar-refractivity contribution is 8.04. The van der Waals surface area contributed by atoms with Crippen LogP contribution < -0.4 is 14.7 Å². The molecule has 5 aromatic rings. The highest BCUT2D eigenvalue weighted by Crippen LogP contribution is 2.47. The molecule has 0 spiro atoms. The minimum absolute atomic E-state index is 0.732. The molecule has 38 heavy (non-hydrogen) atoms. The summed E-state index contributed by atoms with van der Waals surface area (Å²) in [5.41, 5.74) is 5.57. The van der Waals surface area contributed by atoms with Gasteiger partial charge in [0.1, 0.15) is 0 Å². The van der Waals surface area contributed by atoms with Gasteiger partial charge in [-0.3, -0.25) is 5.04 Å². The van der Waals surface area contributed by atoms with Crippen LogP contribution >= 0.6 is 23.8 Å². The smallest absolute Gasteiger partial charge is 0.249 e. The van der Waals surface area contributed by atoms with Crippen molar-refractivity contribution in [1.82, 2.24) is 9.55 Å². The quantitative estimate of drug-likeness (QED) is 0.119. The van der Waals surface area contributed by atoms with Crippen molar-refractivity contribution < 1.29 is 19.2 Å². The number of aromatic nitrogens is 3. The number of aryl methyl sites for hydroxylation is 1. The molecule has 0 amide bonds. The molecular weight excluding hydrogens is 516 g/mol. The summed E-state index contributed by atoms with van der Waals surface area (Å²) in [4.78, 5) is 8.79. The average molecular weight is 541 g/mol. The number of anilines is 1. The zero-order chi connectivity index (χ0) is 26.1. The fraction of sp³-hybridized carbons (Fsp3) is 0.103. The van der Waals surface area contributed by atoms with E-state index in [1.807, 2.05) is 50.8 Å². The Hall–Kier alpha value is -3.60. The SMILES string of the molecule is CN1C(=Cc2cc(-c3nccn3C)[n+](Cc3ccccc3)c3ccccc23)Sc2ccc(SOO[O-])cc21. The molecule has 0 saturated carbocycles. The van der Waals surface area contributed by atoms with Gasteiger partial charge >= 0.3 is 0 Å². The molecule has 0 atom stereocenters. The lowest BCUT2D eigenvalue weighted by atomic mass is 10.0. The van der Waals surface area contributed by atoms with E-state index in [1.54, 1.807) is 11.8 Å². The molecule has 1 aliphatic rings. The van der Waals surface area contributed by atoms with Gasteiger partial charge in [0.05, 0.1) is 28.1 Å². The molecule has 1 aliphatic heterocycles. The number of thioether (sulfide) groups is 1. The van der Waals surface area contributed by atoms with Crippen molar-refractivity contribution in [3.8, 4) is 11.5 Å². The summed E-state index contributed by atoms with van der Waals surface area (Å²) < 4.78 is 8.91. The normalized spacial score (nSPS) is 14.0. The van der Waals surface area contributed by atoms with Crippen molar-refractivity contribution in [2.24, 2.45) is 7.05 Å². The summed E-state index contributed by atoms with van der Waals surface area (Å²) in [5.74, 6) is 0.907. The molecule has 6 rings (SSSR count). The number of rotatable bonds is 7. The van der Waals surface area contributed by atoms with Gasteiger partial charge < -0.3 is 14.7 Å². The first-order valence-corrected chi connectivity index (χ1v) is 13.6. The van der Waals surface area contributed by atoms with E-state index < -0.39 is 0 Å². The number of hydrogen-bond acceptors (Lipinski definition) is 7. The number of fused-ring (bicyclic) bond motifs is 2. The van der Waals surface area contributed by atoms with Crippen molar-refractivity contribution in [2.75, 3.05) is 11.9 Å². The van der Waals surface area contributed by atoms with Gasteiger partial charge in [-0.25, -0.2) is 4.98 Å². The maximum Gasteiger partial charge on any atom is 0.249 e. The third-order valence-electron chi connectivity index (χ3n) is 6.60.